The van der Waals surface area contributed by atoms with Gasteiger partial charge in [0.2, 0.25) is 5.91 Å². The fourth-order valence-electron chi connectivity index (χ4n) is 2.28. The van der Waals surface area contributed by atoms with Crippen LogP contribution in [-0.2, 0) is 21.4 Å². The van der Waals surface area contributed by atoms with Crippen molar-refractivity contribution < 1.29 is 19.1 Å². The van der Waals surface area contributed by atoms with Crippen LogP contribution in [0.25, 0.3) is 6.08 Å². The Kier molecular flexibility index (Phi) is 5.90. The molecule has 2 rings (SSSR count). The molecule has 136 valence electrons. The van der Waals surface area contributed by atoms with E-state index in [0.29, 0.717) is 11.3 Å². The van der Waals surface area contributed by atoms with E-state index >= 15 is 0 Å². The van der Waals surface area contributed by atoms with Gasteiger partial charge in [-0.2, -0.15) is 5.10 Å². The second-order valence-electron chi connectivity index (χ2n) is 5.64. The highest BCUT2D eigenvalue weighted by Crippen LogP contribution is 2.13. The van der Waals surface area contributed by atoms with Gasteiger partial charge in [-0.05, 0) is 44.2 Å². The molecule has 0 radical (unpaired) electrons. The first kappa shape index (κ1) is 18.9. The SMILES string of the molecule is Cc1nn(C)c(C)c1/C=C/C(=O)OCC(=O)Nc1ccc(C(N)=O)cc1. The average molecular weight is 356 g/mol. The van der Waals surface area contributed by atoms with Gasteiger partial charge in [0.05, 0.1) is 5.69 Å². The van der Waals surface area contributed by atoms with E-state index in [1.54, 1.807) is 10.8 Å². The smallest absolute Gasteiger partial charge is 0.331 e. The van der Waals surface area contributed by atoms with Crippen LogP contribution in [0.1, 0.15) is 27.3 Å². The molecule has 0 atom stereocenters. The molecule has 1 heterocycles. The molecule has 0 aliphatic heterocycles. The van der Waals surface area contributed by atoms with Gasteiger partial charge in [-0.1, -0.05) is 0 Å². The van der Waals surface area contributed by atoms with Crippen LogP contribution in [0.2, 0.25) is 0 Å². The predicted molar refractivity (Wildman–Crippen MR) is 96.3 cm³/mol. The molecule has 8 heteroatoms. The zero-order valence-corrected chi connectivity index (χ0v) is 14.8. The van der Waals surface area contributed by atoms with Crippen LogP contribution in [0.3, 0.4) is 0 Å². The Morgan fingerprint density at radius 3 is 2.42 bits per heavy atom. The molecule has 0 aliphatic carbocycles. The number of rotatable bonds is 6. The number of aromatic nitrogens is 2. The molecule has 0 spiro atoms. The van der Waals surface area contributed by atoms with E-state index in [1.165, 1.54) is 30.3 Å². The van der Waals surface area contributed by atoms with E-state index in [4.69, 9.17) is 10.5 Å². The van der Waals surface area contributed by atoms with Crippen molar-refractivity contribution in [3.05, 3.63) is 52.9 Å². The molecule has 0 saturated carbocycles. The Labute approximate surface area is 150 Å². The molecule has 0 bridgehead atoms. The summed E-state index contributed by atoms with van der Waals surface area (Å²) < 4.78 is 6.63. The van der Waals surface area contributed by atoms with E-state index in [2.05, 4.69) is 10.4 Å². The van der Waals surface area contributed by atoms with Crippen LogP contribution < -0.4 is 11.1 Å². The summed E-state index contributed by atoms with van der Waals surface area (Å²) in [5, 5.41) is 6.80. The number of hydrogen-bond donors (Lipinski definition) is 2. The number of nitrogens with zero attached hydrogens (tertiary/aromatic N) is 2. The number of nitrogens with one attached hydrogen (secondary N) is 1. The number of amides is 2. The number of nitrogens with two attached hydrogens (primary N) is 1. The fourth-order valence-corrected chi connectivity index (χ4v) is 2.28. The van der Waals surface area contributed by atoms with Crippen LogP contribution in [0, 0.1) is 13.8 Å². The van der Waals surface area contributed by atoms with Crippen molar-refractivity contribution in [2.24, 2.45) is 12.8 Å². The number of carbonyl (C=O) groups excluding carboxylic acids is 3. The van der Waals surface area contributed by atoms with Gasteiger partial charge >= 0.3 is 5.97 Å². The summed E-state index contributed by atoms with van der Waals surface area (Å²) in [6.45, 7) is 3.31. The van der Waals surface area contributed by atoms with Gasteiger partial charge in [-0.15, -0.1) is 0 Å². The fraction of sp³-hybridized carbons (Fsp3) is 0.222. The van der Waals surface area contributed by atoms with Gasteiger partial charge in [0.15, 0.2) is 6.61 Å². The first-order chi connectivity index (χ1) is 12.3. The molecular formula is C18H20N4O4. The maximum Gasteiger partial charge on any atom is 0.331 e. The Morgan fingerprint density at radius 1 is 1.23 bits per heavy atom. The molecule has 2 amide bonds. The molecule has 0 unspecified atom stereocenters. The second-order valence-corrected chi connectivity index (χ2v) is 5.64. The number of esters is 1. The number of benzene rings is 1. The Balaban J connectivity index is 1.85. The minimum atomic E-state index is -0.633. The number of carbonyl (C=O) groups is 3. The summed E-state index contributed by atoms with van der Waals surface area (Å²) in [5.74, 6) is -1.68. The molecule has 1 aromatic carbocycles. The molecule has 0 fully saturated rings. The van der Waals surface area contributed by atoms with Crippen molar-refractivity contribution in [3.63, 3.8) is 0 Å². The van der Waals surface area contributed by atoms with Gasteiger partial charge in [-0.25, -0.2) is 4.79 Å². The molecule has 8 nitrogen and oxygen atoms in total. The lowest BCUT2D eigenvalue weighted by molar-refractivity contribution is -0.142. The summed E-state index contributed by atoms with van der Waals surface area (Å²) in [6, 6.07) is 6.05. The van der Waals surface area contributed by atoms with Gasteiger partial charge in [-0.3, -0.25) is 14.3 Å². The summed E-state index contributed by atoms with van der Waals surface area (Å²) in [5.41, 5.74) is 8.49. The summed E-state index contributed by atoms with van der Waals surface area (Å²) >= 11 is 0. The topological polar surface area (TPSA) is 116 Å². The van der Waals surface area contributed by atoms with Crippen molar-refractivity contribution in [2.75, 3.05) is 11.9 Å². The van der Waals surface area contributed by atoms with Gasteiger partial charge in [0.1, 0.15) is 0 Å². The highest BCUT2D eigenvalue weighted by Gasteiger charge is 2.09. The quantitative estimate of drug-likeness (QED) is 0.598. The number of ether oxygens (including phenoxy) is 1. The minimum absolute atomic E-state index is 0.334. The van der Waals surface area contributed by atoms with Crippen molar-refractivity contribution in [2.45, 2.75) is 13.8 Å². The monoisotopic (exact) mass is 356 g/mol. The number of aryl methyl sites for hydroxylation is 2. The highest BCUT2D eigenvalue weighted by atomic mass is 16.5. The van der Waals surface area contributed by atoms with Crippen LogP contribution >= 0.6 is 0 Å². The standard InChI is InChI=1S/C18H20N4O4/c1-11-15(12(2)22(3)21-11)8-9-17(24)26-10-16(23)20-14-6-4-13(5-7-14)18(19)25/h4-9H,10H2,1-3H3,(H2,19,25)(H,20,23)/b9-8+. The maximum absolute atomic E-state index is 11.8. The second kappa shape index (κ2) is 8.11. The van der Waals surface area contributed by atoms with Gasteiger partial charge in [0, 0.05) is 35.6 Å². The highest BCUT2D eigenvalue weighted by molar-refractivity contribution is 5.96. The third-order valence-corrected chi connectivity index (χ3v) is 3.75. The molecule has 0 aliphatic rings. The zero-order valence-electron chi connectivity index (χ0n) is 14.8. The molecule has 1 aromatic heterocycles. The van der Waals surface area contributed by atoms with Crippen LogP contribution in [0.15, 0.2) is 30.3 Å². The summed E-state index contributed by atoms with van der Waals surface area (Å²) in [4.78, 5) is 34.5. The molecular weight excluding hydrogens is 336 g/mol. The van der Waals surface area contributed by atoms with E-state index in [-0.39, 0.29) is 0 Å². The first-order valence-corrected chi connectivity index (χ1v) is 7.82. The molecule has 26 heavy (non-hydrogen) atoms. The lowest BCUT2D eigenvalue weighted by Gasteiger charge is -2.06. The van der Waals surface area contributed by atoms with Crippen LogP contribution in [0.5, 0.6) is 0 Å². The third kappa shape index (κ3) is 4.79. The van der Waals surface area contributed by atoms with E-state index in [1.807, 2.05) is 20.9 Å². The normalized spacial score (nSPS) is 10.7. The van der Waals surface area contributed by atoms with Crippen molar-refractivity contribution in [3.8, 4) is 0 Å². The third-order valence-electron chi connectivity index (χ3n) is 3.75. The largest absolute Gasteiger partial charge is 0.452 e. The van der Waals surface area contributed by atoms with E-state index in [0.717, 1.165) is 17.0 Å². The van der Waals surface area contributed by atoms with Gasteiger partial charge < -0.3 is 15.8 Å². The first-order valence-electron chi connectivity index (χ1n) is 7.82. The molecule has 3 N–H and O–H groups in total. The number of hydrogen-bond acceptors (Lipinski definition) is 5. The lowest BCUT2D eigenvalue weighted by atomic mass is 10.2. The molecule has 2 aromatic rings. The van der Waals surface area contributed by atoms with Crippen molar-refractivity contribution in [1.82, 2.24) is 9.78 Å². The van der Waals surface area contributed by atoms with Gasteiger partial charge in [0.25, 0.3) is 5.91 Å². The average Bonchev–Trinajstić information content (AvgIpc) is 2.84. The zero-order chi connectivity index (χ0) is 19.3. The summed E-state index contributed by atoms with van der Waals surface area (Å²) in [6.07, 6.45) is 2.87. The lowest BCUT2D eigenvalue weighted by Crippen LogP contribution is -2.20. The number of primary amides is 1. The maximum atomic E-state index is 11.8. The molecule has 0 saturated heterocycles. The minimum Gasteiger partial charge on any atom is -0.452 e. The van der Waals surface area contributed by atoms with Crippen LogP contribution in [0.4, 0.5) is 5.69 Å². The Bertz CT molecular complexity index is 866. The Hall–Kier alpha value is -3.42. The van der Waals surface area contributed by atoms with Crippen molar-refractivity contribution >= 4 is 29.5 Å². The van der Waals surface area contributed by atoms with Crippen molar-refractivity contribution in [1.29, 1.82) is 0 Å². The number of anilines is 1. The van der Waals surface area contributed by atoms with E-state index < -0.39 is 24.4 Å². The van der Waals surface area contributed by atoms with Crippen LogP contribution in [-0.4, -0.2) is 34.2 Å². The Morgan fingerprint density at radius 2 is 1.88 bits per heavy atom. The summed E-state index contributed by atoms with van der Waals surface area (Å²) in [7, 11) is 1.82. The predicted octanol–water partition coefficient (Wildman–Crippen LogP) is 1.33. The van der Waals surface area contributed by atoms with E-state index in [9.17, 15) is 14.4 Å².